The number of anilines is 1. The van der Waals surface area contributed by atoms with Crippen molar-refractivity contribution in [1.29, 1.82) is 0 Å². The van der Waals surface area contributed by atoms with Crippen molar-refractivity contribution in [1.82, 2.24) is 4.90 Å². The number of likely N-dealkylation sites (tertiary alicyclic amines) is 1. The number of carbonyl (C=O) groups excluding carboxylic acids is 3. The van der Waals surface area contributed by atoms with E-state index in [9.17, 15) is 14.4 Å². The first-order valence-corrected chi connectivity index (χ1v) is 12.0. The smallest absolute Gasteiger partial charge is 0.338 e. The van der Waals surface area contributed by atoms with Crippen molar-refractivity contribution in [3.8, 4) is 0 Å². The number of benzene rings is 2. The second-order valence-corrected chi connectivity index (χ2v) is 8.99. The second-order valence-electron chi connectivity index (χ2n) is 8.99. The fourth-order valence-corrected chi connectivity index (χ4v) is 4.73. The van der Waals surface area contributed by atoms with Crippen molar-refractivity contribution in [2.24, 2.45) is 5.92 Å². The number of rotatable bonds is 8. The lowest BCUT2D eigenvalue weighted by Gasteiger charge is -2.34. The van der Waals surface area contributed by atoms with E-state index in [0.29, 0.717) is 23.8 Å². The summed E-state index contributed by atoms with van der Waals surface area (Å²) in [5.74, 6) is -0.128. The molecule has 2 aromatic carbocycles. The highest BCUT2D eigenvalue weighted by molar-refractivity contribution is 6.22. The Balaban J connectivity index is 1.34. The first-order valence-electron chi connectivity index (χ1n) is 12.0. The topological polar surface area (TPSA) is 66.9 Å². The molecule has 2 amide bonds. The fraction of sp³-hybridized carbons (Fsp3) is 0.444. The number of hydrogen-bond acceptors (Lipinski definition) is 5. The second kappa shape index (κ2) is 10.8. The van der Waals surface area contributed by atoms with E-state index in [0.717, 1.165) is 45.2 Å². The largest absolute Gasteiger partial charge is 0.462 e. The number of hydrogen-bond donors (Lipinski definition) is 0. The van der Waals surface area contributed by atoms with E-state index in [2.05, 4.69) is 29.2 Å². The number of imide groups is 1. The molecule has 0 bridgehead atoms. The van der Waals surface area contributed by atoms with Crippen molar-refractivity contribution in [2.45, 2.75) is 51.5 Å². The lowest BCUT2D eigenvalue weighted by atomic mass is 9.89. The molecule has 0 aliphatic carbocycles. The van der Waals surface area contributed by atoms with Crippen LogP contribution in [0, 0.1) is 5.92 Å². The van der Waals surface area contributed by atoms with E-state index in [4.69, 9.17) is 4.74 Å². The summed E-state index contributed by atoms with van der Waals surface area (Å²) in [6, 6.07) is 16.7. The van der Waals surface area contributed by atoms with E-state index in [1.807, 2.05) is 13.0 Å². The number of nitrogens with zero attached hydrogens (tertiary/aromatic N) is 2. The van der Waals surface area contributed by atoms with Gasteiger partial charge in [0.2, 0.25) is 5.91 Å². The number of amides is 2. The molecule has 0 aromatic heterocycles. The van der Waals surface area contributed by atoms with E-state index >= 15 is 0 Å². The molecule has 33 heavy (non-hydrogen) atoms. The van der Waals surface area contributed by atoms with Gasteiger partial charge < -0.3 is 4.74 Å². The molecule has 0 unspecified atom stereocenters. The lowest BCUT2D eigenvalue weighted by Crippen LogP contribution is -2.46. The summed E-state index contributed by atoms with van der Waals surface area (Å²) in [6.07, 6.45) is 5.11. The van der Waals surface area contributed by atoms with Crippen LogP contribution in [0.15, 0.2) is 54.6 Å². The molecule has 4 rings (SSSR count). The third-order valence-corrected chi connectivity index (χ3v) is 6.67. The molecule has 0 N–H and O–H groups in total. The first-order chi connectivity index (χ1) is 16.1. The molecule has 0 radical (unpaired) electrons. The molecule has 1 atom stereocenters. The normalized spacial score (nSPS) is 19.8. The molecule has 2 aliphatic heterocycles. The van der Waals surface area contributed by atoms with Crippen LogP contribution in [0.4, 0.5) is 5.69 Å². The zero-order valence-corrected chi connectivity index (χ0v) is 19.2. The minimum atomic E-state index is -0.395. The predicted molar refractivity (Wildman–Crippen MR) is 127 cm³/mol. The fourth-order valence-electron chi connectivity index (χ4n) is 4.73. The maximum atomic E-state index is 13.2. The lowest BCUT2D eigenvalue weighted by molar-refractivity contribution is -0.123. The van der Waals surface area contributed by atoms with Crippen molar-refractivity contribution in [3.63, 3.8) is 0 Å². The van der Waals surface area contributed by atoms with E-state index in [1.54, 1.807) is 24.3 Å². The first kappa shape index (κ1) is 23.2. The highest BCUT2D eigenvalue weighted by Crippen LogP contribution is 2.30. The van der Waals surface area contributed by atoms with Crippen LogP contribution in [0.3, 0.4) is 0 Å². The average molecular weight is 449 g/mol. The molecule has 0 saturated carbocycles. The zero-order chi connectivity index (χ0) is 23.2. The number of esters is 1. The maximum absolute atomic E-state index is 13.2. The Kier molecular flexibility index (Phi) is 7.55. The van der Waals surface area contributed by atoms with Crippen molar-refractivity contribution in [2.75, 3.05) is 24.6 Å². The molecule has 2 saturated heterocycles. The quantitative estimate of drug-likeness (QED) is 0.343. The zero-order valence-electron chi connectivity index (χ0n) is 19.2. The average Bonchev–Trinajstić information content (AvgIpc) is 3.14. The van der Waals surface area contributed by atoms with Gasteiger partial charge in [-0.05, 0) is 74.5 Å². The number of ether oxygens (including phenoxy) is 1. The molecule has 6 heteroatoms. The summed E-state index contributed by atoms with van der Waals surface area (Å²) in [5.41, 5.74) is 2.29. The Morgan fingerprint density at radius 1 is 1.00 bits per heavy atom. The molecule has 2 heterocycles. The van der Waals surface area contributed by atoms with Crippen LogP contribution in [-0.4, -0.2) is 48.4 Å². The van der Waals surface area contributed by atoms with Gasteiger partial charge in [0.15, 0.2) is 0 Å². The van der Waals surface area contributed by atoms with Crippen LogP contribution < -0.4 is 4.90 Å². The van der Waals surface area contributed by atoms with Gasteiger partial charge in [-0.2, -0.15) is 0 Å². The van der Waals surface area contributed by atoms with Gasteiger partial charge >= 0.3 is 5.97 Å². The third-order valence-electron chi connectivity index (χ3n) is 6.67. The molecule has 174 valence electrons. The number of unbranched alkanes of at least 4 members (excludes halogenated alkanes) is 1. The summed E-state index contributed by atoms with van der Waals surface area (Å²) in [6.45, 7) is 4.09. The molecule has 2 aliphatic rings. The molecule has 2 aromatic rings. The van der Waals surface area contributed by atoms with Gasteiger partial charge in [-0.15, -0.1) is 0 Å². The van der Waals surface area contributed by atoms with Crippen LogP contribution >= 0.6 is 0 Å². The summed E-state index contributed by atoms with van der Waals surface area (Å²) in [7, 11) is 0. The van der Waals surface area contributed by atoms with Gasteiger partial charge in [0.1, 0.15) is 0 Å². The third kappa shape index (κ3) is 5.50. The summed E-state index contributed by atoms with van der Waals surface area (Å²) in [5, 5.41) is 0. The minimum absolute atomic E-state index is 0.167. The molecular formula is C27H32N2O4. The molecular weight excluding hydrogens is 416 g/mol. The molecule has 2 fully saturated rings. The van der Waals surface area contributed by atoms with Crippen LogP contribution in [0.1, 0.15) is 54.9 Å². The van der Waals surface area contributed by atoms with E-state index in [1.165, 1.54) is 10.5 Å². The van der Waals surface area contributed by atoms with Gasteiger partial charge in [0.25, 0.3) is 5.91 Å². The minimum Gasteiger partial charge on any atom is -0.462 e. The standard InChI is InChI=1S/C27H32N2O4/c1-2-3-17-33-27(32)22-9-11-23(12-10-22)29-25(30)19-24(26(29)31)28-15-13-21(14-16-28)18-20-7-5-4-6-8-20/h4-12,21,24H,2-3,13-19H2,1H3/t24-/m1/s1. The van der Waals surface area contributed by atoms with Gasteiger partial charge in [-0.25, -0.2) is 9.69 Å². The maximum Gasteiger partial charge on any atom is 0.338 e. The predicted octanol–water partition coefficient (Wildman–Crippen LogP) is 4.23. The SMILES string of the molecule is CCCCOC(=O)c1ccc(N2C(=O)C[C@@H](N3CCC(Cc4ccccc4)CC3)C2=O)cc1. The van der Waals surface area contributed by atoms with Gasteiger partial charge in [-0.1, -0.05) is 43.7 Å². The number of piperidine rings is 1. The Hall–Kier alpha value is -2.99. The Morgan fingerprint density at radius 2 is 1.70 bits per heavy atom. The van der Waals surface area contributed by atoms with Crippen LogP contribution in [0.2, 0.25) is 0 Å². The Morgan fingerprint density at radius 3 is 2.36 bits per heavy atom. The number of carbonyl (C=O) groups is 3. The van der Waals surface area contributed by atoms with E-state index in [-0.39, 0.29) is 24.2 Å². The van der Waals surface area contributed by atoms with Gasteiger partial charge in [0.05, 0.1) is 30.3 Å². The monoisotopic (exact) mass is 448 g/mol. The van der Waals surface area contributed by atoms with Crippen LogP contribution in [0.5, 0.6) is 0 Å². The Labute approximate surface area is 195 Å². The van der Waals surface area contributed by atoms with Crippen molar-refractivity contribution in [3.05, 3.63) is 65.7 Å². The van der Waals surface area contributed by atoms with Gasteiger partial charge in [0, 0.05) is 0 Å². The Bertz CT molecular complexity index is 965. The van der Waals surface area contributed by atoms with Gasteiger partial charge in [-0.3, -0.25) is 14.5 Å². The molecule has 0 spiro atoms. The summed E-state index contributed by atoms with van der Waals surface area (Å²) in [4.78, 5) is 41.4. The molecule has 6 nitrogen and oxygen atoms in total. The van der Waals surface area contributed by atoms with Crippen LogP contribution in [-0.2, 0) is 20.7 Å². The van der Waals surface area contributed by atoms with Crippen molar-refractivity contribution < 1.29 is 19.1 Å². The van der Waals surface area contributed by atoms with Crippen LogP contribution in [0.25, 0.3) is 0 Å². The highest BCUT2D eigenvalue weighted by Gasteiger charge is 2.43. The highest BCUT2D eigenvalue weighted by atomic mass is 16.5. The van der Waals surface area contributed by atoms with E-state index < -0.39 is 6.04 Å². The summed E-state index contributed by atoms with van der Waals surface area (Å²) >= 11 is 0. The summed E-state index contributed by atoms with van der Waals surface area (Å²) < 4.78 is 5.23. The van der Waals surface area contributed by atoms with Crippen molar-refractivity contribution >= 4 is 23.5 Å².